The van der Waals surface area contributed by atoms with E-state index >= 15 is 0 Å². The molecule has 2 fully saturated rings. The predicted octanol–water partition coefficient (Wildman–Crippen LogP) is 4.53. The molecule has 2 unspecified atom stereocenters. The van der Waals surface area contributed by atoms with Gasteiger partial charge < -0.3 is 19.5 Å². The lowest BCUT2D eigenvalue weighted by molar-refractivity contribution is -0.0581. The lowest BCUT2D eigenvalue weighted by Crippen LogP contribution is -2.54. The van der Waals surface area contributed by atoms with Crippen molar-refractivity contribution in [2.24, 2.45) is 0 Å². The van der Waals surface area contributed by atoms with E-state index in [0.717, 1.165) is 18.4 Å². The molecule has 1 amide bonds. The number of alkyl halides is 2. The average molecular weight is 417 g/mol. The Kier molecular flexibility index (Phi) is 5.90. The highest BCUT2D eigenvalue weighted by Crippen LogP contribution is 2.43. The van der Waals surface area contributed by atoms with E-state index in [1.165, 1.54) is 6.07 Å². The number of amides is 1. The molecule has 0 aromatic heterocycles. The molecular weight excluding hydrogens is 392 g/mol. The molecule has 2 heterocycles. The van der Waals surface area contributed by atoms with Gasteiger partial charge in [0.1, 0.15) is 12.4 Å². The first kappa shape index (κ1) is 20.6. The van der Waals surface area contributed by atoms with Gasteiger partial charge in [0.15, 0.2) is 0 Å². The second kappa shape index (κ2) is 8.60. The SMILES string of the molecule is O=C(OCc1ccccc1)N1C2CCC1CC(O)(Cc1ccccc1OC(F)F)C2. The molecule has 30 heavy (non-hydrogen) atoms. The molecule has 1 N–H and O–H groups in total. The van der Waals surface area contributed by atoms with E-state index in [0.29, 0.717) is 18.4 Å². The molecule has 2 aromatic carbocycles. The summed E-state index contributed by atoms with van der Waals surface area (Å²) in [6.45, 7) is -2.71. The summed E-state index contributed by atoms with van der Waals surface area (Å²) in [7, 11) is 0. The smallest absolute Gasteiger partial charge is 0.410 e. The number of hydrogen-bond acceptors (Lipinski definition) is 4. The average Bonchev–Trinajstić information content (AvgIpc) is 3.00. The molecule has 0 spiro atoms. The predicted molar refractivity (Wildman–Crippen MR) is 106 cm³/mol. The van der Waals surface area contributed by atoms with Gasteiger partial charge in [-0.1, -0.05) is 48.5 Å². The van der Waals surface area contributed by atoms with Gasteiger partial charge in [-0.05, 0) is 42.9 Å². The van der Waals surface area contributed by atoms with Crippen molar-refractivity contribution in [2.75, 3.05) is 0 Å². The number of rotatable bonds is 6. The van der Waals surface area contributed by atoms with Gasteiger partial charge in [0.05, 0.1) is 5.60 Å². The Morgan fingerprint density at radius 1 is 1.07 bits per heavy atom. The van der Waals surface area contributed by atoms with Crippen LogP contribution in [-0.2, 0) is 17.8 Å². The summed E-state index contributed by atoms with van der Waals surface area (Å²) in [4.78, 5) is 14.4. The zero-order valence-corrected chi connectivity index (χ0v) is 16.5. The van der Waals surface area contributed by atoms with E-state index in [2.05, 4.69) is 4.74 Å². The molecule has 0 aliphatic carbocycles. The van der Waals surface area contributed by atoms with Gasteiger partial charge in [0, 0.05) is 18.5 Å². The fourth-order valence-electron chi connectivity index (χ4n) is 4.77. The summed E-state index contributed by atoms with van der Waals surface area (Å²) in [6, 6.07) is 15.8. The Balaban J connectivity index is 1.41. The van der Waals surface area contributed by atoms with Crippen molar-refractivity contribution in [3.63, 3.8) is 0 Å². The van der Waals surface area contributed by atoms with Crippen LogP contribution >= 0.6 is 0 Å². The molecule has 2 aliphatic rings. The van der Waals surface area contributed by atoms with Crippen LogP contribution in [0.15, 0.2) is 54.6 Å². The fraction of sp³-hybridized carbons (Fsp3) is 0.435. The van der Waals surface area contributed by atoms with Gasteiger partial charge in [-0.3, -0.25) is 0 Å². The standard InChI is InChI=1S/C23H25F2NO4/c24-21(25)30-20-9-5-4-8-17(20)12-23(28)13-18-10-11-19(14-23)26(18)22(27)29-15-16-6-2-1-3-7-16/h1-9,18-19,21,28H,10-15H2. The summed E-state index contributed by atoms with van der Waals surface area (Å²) in [5.41, 5.74) is 0.381. The normalized spacial score (nSPS) is 25.4. The molecule has 2 aliphatic heterocycles. The molecular formula is C23H25F2NO4. The van der Waals surface area contributed by atoms with Gasteiger partial charge in [-0.15, -0.1) is 0 Å². The van der Waals surface area contributed by atoms with Crippen molar-refractivity contribution in [3.8, 4) is 5.75 Å². The van der Waals surface area contributed by atoms with Gasteiger partial charge in [0.2, 0.25) is 0 Å². The van der Waals surface area contributed by atoms with Gasteiger partial charge in [-0.25, -0.2) is 4.79 Å². The summed E-state index contributed by atoms with van der Waals surface area (Å²) in [5, 5.41) is 11.2. The first-order valence-corrected chi connectivity index (χ1v) is 10.2. The number of carbonyl (C=O) groups excluding carboxylic acids is 1. The van der Waals surface area contributed by atoms with Crippen LogP contribution in [0, 0.1) is 0 Å². The van der Waals surface area contributed by atoms with E-state index in [4.69, 9.17) is 4.74 Å². The number of hydrogen-bond donors (Lipinski definition) is 1. The summed E-state index contributed by atoms with van der Waals surface area (Å²) < 4.78 is 35.5. The van der Waals surface area contributed by atoms with Gasteiger partial charge in [0.25, 0.3) is 0 Å². The highest BCUT2D eigenvalue weighted by molar-refractivity contribution is 5.69. The maximum absolute atomic E-state index is 12.7. The van der Waals surface area contributed by atoms with E-state index in [1.54, 1.807) is 23.1 Å². The number of nitrogens with zero attached hydrogens (tertiary/aromatic N) is 1. The third-order valence-corrected chi connectivity index (χ3v) is 5.98. The topological polar surface area (TPSA) is 59.0 Å². The molecule has 7 heteroatoms. The molecule has 2 bridgehead atoms. The number of benzene rings is 2. The maximum atomic E-state index is 12.7. The van der Waals surface area contributed by atoms with Crippen LogP contribution in [0.4, 0.5) is 13.6 Å². The third-order valence-electron chi connectivity index (χ3n) is 5.98. The van der Waals surface area contributed by atoms with Crippen LogP contribution in [0.25, 0.3) is 0 Å². The highest BCUT2D eigenvalue weighted by Gasteiger charge is 2.50. The minimum atomic E-state index is -2.92. The van der Waals surface area contributed by atoms with Crippen LogP contribution in [0.1, 0.15) is 36.8 Å². The first-order chi connectivity index (χ1) is 14.4. The quantitative estimate of drug-likeness (QED) is 0.751. The minimum absolute atomic E-state index is 0.0815. The monoisotopic (exact) mass is 417 g/mol. The number of fused-ring (bicyclic) bond motifs is 2. The van der Waals surface area contributed by atoms with Gasteiger partial charge >= 0.3 is 12.7 Å². The molecule has 2 aromatic rings. The second-order valence-electron chi connectivity index (χ2n) is 8.13. The Bertz CT molecular complexity index is 863. The van der Waals surface area contributed by atoms with Crippen molar-refractivity contribution in [2.45, 2.75) is 63.0 Å². The maximum Gasteiger partial charge on any atom is 0.410 e. The number of ether oxygens (including phenoxy) is 2. The lowest BCUT2D eigenvalue weighted by Gasteiger charge is -2.43. The van der Waals surface area contributed by atoms with E-state index in [-0.39, 0.29) is 37.0 Å². The van der Waals surface area contributed by atoms with Crippen LogP contribution in [0.2, 0.25) is 0 Å². The first-order valence-electron chi connectivity index (χ1n) is 10.2. The van der Waals surface area contributed by atoms with E-state index in [1.807, 2.05) is 30.3 Å². The number of carbonyl (C=O) groups is 1. The van der Waals surface area contributed by atoms with Crippen molar-refractivity contribution in [1.82, 2.24) is 4.90 Å². The van der Waals surface area contributed by atoms with Crippen LogP contribution in [-0.4, -0.2) is 40.4 Å². The van der Waals surface area contributed by atoms with Crippen LogP contribution in [0.5, 0.6) is 5.75 Å². The third kappa shape index (κ3) is 4.56. The lowest BCUT2D eigenvalue weighted by atomic mass is 9.81. The van der Waals surface area contributed by atoms with Crippen molar-refractivity contribution in [1.29, 1.82) is 0 Å². The van der Waals surface area contributed by atoms with Crippen molar-refractivity contribution >= 4 is 6.09 Å². The number of aliphatic hydroxyl groups is 1. The van der Waals surface area contributed by atoms with E-state index < -0.39 is 12.2 Å². The Labute approximate surface area is 174 Å². The highest BCUT2D eigenvalue weighted by atomic mass is 19.3. The Hall–Kier alpha value is -2.67. The molecule has 5 nitrogen and oxygen atoms in total. The summed E-state index contributed by atoms with van der Waals surface area (Å²) in [5.74, 6) is 0.0815. The van der Waals surface area contributed by atoms with Crippen LogP contribution in [0.3, 0.4) is 0 Å². The number of para-hydroxylation sites is 1. The molecule has 2 saturated heterocycles. The zero-order valence-electron chi connectivity index (χ0n) is 16.5. The largest absolute Gasteiger partial charge is 0.445 e. The van der Waals surface area contributed by atoms with E-state index in [9.17, 15) is 18.7 Å². The molecule has 160 valence electrons. The zero-order chi connectivity index (χ0) is 21.1. The Morgan fingerprint density at radius 2 is 1.70 bits per heavy atom. The van der Waals surface area contributed by atoms with Crippen molar-refractivity contribution in [3.05, 3.63) is 65.7 Å². The van der Waals surface area contributed by atoms with Gasteiger partial charge in [-0.2, -0.15) is 8.78 Å². The number of halogens is 2. The summed E-state index contributed by atoms with van der Waals surface area (Å²) >= 11 is 0. The molecule has 0 saturated carbocycles. The Morgan fingerprint density at radius 3 is 2.37 bits per heavy atom. The van der Waals surface area contributed by atoms with Crippen LogP contribution < -0.4 is 4.74 Å². The minimum Gasteiger partial charge on any atom is -0.445 e. The molecule has 0 radical (unpaired) electrons. The molecule has 2 atom stereocenters. The molecule has 4 rings (SSSR count). The summed E-state index contributed by atoms with van der Waals surface area (Å²) in [6.07, 6.45) is 2.19. The number of piperidine rings is 1. The second-order valence-corrected chi connectivity index (χ2v) is 8.13. The van der Waals surface area contributed by atoms with Crippen molar-refractivity contribution < 1.29 is 28.2 Å². The fourth-order valence-corrected chi connectivity index (χ4v) is 4.77.